The molecule has 0 unspecified atom stereocenters. The van der Waals surface area contributed by atoms with E-state index >= 15 is 0 Å². The van der Waals surface area contributed by atoms with Crippen molar-refractivity contribution >= 4 is 39.6 Å². The lowest BCUT2D eigenvalue weighted by atomic mass is 10.0. The van der Waals surface area contributed by atoms with Crippen molar-refractivity contribution in [1.82, 2.24) is 9.97 Å². The molecule has 0 aliphatic carbocycles. The summed E-state index contributed by atoms with van der Waals surface area (Å²) in [5.74, 6) is 0.271. The van der Waals surface area contributed by atoms with Gasteiger partial charge in [0.2, 0.25) is 0 Å². The van der Waals surface area contributed by atoms with Gasteiger partial charge < -0.3 is 20.3 Å². The van der Waals surface area contributed by atoms with E-state index in [1.807, 2.05) is 41.8 Å². The van der Waals surface area contributed by atoms with E-state index in [0.29, 0.717) is 16.8 Å². The summed E-state index contributed by atoms with van der Waals surface area (Å²) >= 11 is 3.02. The minimum absolute atomic E-state index is 0.0578. The number of ether oxygens (including phenoxy) is 1. The molecule has 4 rings (SSSR count). The molecule has 0 saturated carbocycles. The van der Waals surface area contributed by atoms with Gasteiger partial charge in [-0.05, 0) is 42.0 Å². The Morgan fingerprint density at radius 2 is 2.03 bits per heavy atom. The van der Waals surface area contributed by atoms with Crippen LogP contribution in [0.5, 0.6) is 5.75 Å². The number of aromatic carboxylic acids is 1. The van der Waals surface area contributed by atoms with Crippen molar-refractivity contribution in [3.05, 3.63) is 64.5 Å². The van der Waals surface area contributed by atoms with Crippen LogP contribution in [0.15, 0.2) is 54.0 Å². The third kappa shape index (κ3) is 5.61. The Balaban J connectivity index is 1.68. The first-order chi connectivity index (χ1) is 16.4. The number of aromatic nitrogens is 2. The largest absolute Gasteiger partial charge is 0.491 e. The minimum Gasteiger partial charge on any atom is -0.491 e. The van der Waals surface area contributed by atoms with Gasteiger partial charge in [0.05, 0.1) is 12.3 Å². The Labute approximate surface area is 205 Å². The molecule has 0 amide bonds. The van der Waals surface area contributed by atoms with Gasteiger partial charge in [0.1, 0.15) is 23.7 Å². The number of nitrogens with zero attached hydrogens (tertiary/aromatic N) is 2. The lowest BCUT2D eigenvalue weighted by Crippen LogP contribution is -2.05. The Morgan fingerprint density at radius 1 is 1.18 bits per heavy atom. The Hall–Kier alpha value is -3.27. The van der Waals surface area contributed by atoms with E-state index in [9.17, 15) is 9.90 Å². The van der Waals surface area contributed by atoms with Gasteiger partial charge in [-0.1, -0.05) is 32.0 Å². The van der Waals surface area contributed by atoms with Crippen LogP contribution in [0.1, 0.15) is 29.1 Å². The zero-order valence-electron chi connectivity index (χ0n) is 18.8. The highest BCUT2D eigenvalue weighted by Gasteiger charge is 2.19. The number of thiophene rings is 1. The fourth-order valence-electron chi connectivity index (χ4n) is 3.44. The zero-order valence-corrected chi connectivity index (χ0v) is 20.4. The number of benzene rings is 1. The Bertz CT molecular complexity index is 1270. The van der Waals surface area contributed by atoms with Crippen molar-refractivity contribution in [2.45, 2.75) is 20.3 Å². The summed E-state index contributed by atoms with van der Waals surface area (Å²) in [5.41, 5.74) is 2.57. The van der Waals surface area contributed by atoms with Gasteiger partial charge in [0.15, 0.2) is 5.13 Å². The highest BCUT2D eigenvalue weighted by molar-refractivity contribution is 7.16. The number of aliphatic hydroxyl groups excluding tert-OH is 1. The van der Waals surface area contributed by atoms with E-state index in [0.717, 1.165) is 33.0 Å². The fraction of sp³-hybridized carbons (Fsp3) is 0.240. The number of anilines is 2. The van der Waals surface area contributed by atoms with Gasteiger partial charge in [-0.3, -0.25) is 0 Å². The predicted molar refractivity (Wildman–Crippen MR) is 136 cm³/mol. The topological polar surface area (TPSA) is 105 Å². The third-order valence-corrected chi connectivity index (χ3v) is 6.82. The maximum atomic E-state index is 12.0. The van der Waals surface area contributed by atoms with E-state index in [4.69, 9.17) is 14.8 Å². The van der Waals surface area contributed by atoms with Gasteiger partial charge in [0.25, 0.3) is 0 Å². The molecule has 3 aromatic heterocycles. The molecule has 0 aliphatic rings. The Kier molecular flexibility index (Phi) is 7.56. The molecule has 4 aromatic rings. The van der Waals surface area contributed by atoms with Gasteiger partial charge in [-0.25, -0.2) is 14.8 Å². The summed E-state index contributed by atoms with van der Waals surface area (Å²) in [5, 5.41) is 24.5. The van der Waals surface area contributed by atoms with Crippen molar-refractivity contribution in [3.8, 4) is 27.4 Å². The van der Waals surface area contributed by atoms with Gasteiger partial charge >= 0.3 is 5.97 Å². The lowest BCUT2D eigenvalue weighted by molar-refractivity contribution is 0.0697. The highest BCUT2D eigenvalue weighted by Crippen LogP contribution is 2.36. The number of thiazole rings is 1. The van der Waals surface area contributed by atoms with Crippen molar-refractivity contribution in [2.24, 2.45) is 5.92 Å². The first-order valence-electron chi connectivity index (χ1n) is 10.8. The number of aliphatic hydroxyl groups is 1. The average Bonchev–Trinajstić information content (AvgIpc) is 3.48. The quantitative estimate of drug-likeness (QED) is 0.250. The molecule has 34 heavy (non-hydrogen) atoms. The highest BCUT2D eigenvalue weighted by atomic mass is 32.1. The minimum atomic E-state index is -1.05. The van der Waals surface area contributed by atoms with Gasteiger partial charge in [-0.15, -0.1) is 22.7 Å². The molecule has 0 bridgehead atoms. The maximum Gasteiger partial charge on any atom is 0.339 e. The number of carboxylic acid groups (broad SMARTS) is 1. The molecular formula is C25H25N3O4S2. The Morgan fingerprint density at radius 3 is 2.74 bits per heavy atom. The summed E-state index contributed by atoms with van der Waals surface area (Å²) in [6, 6.07) is 13.1. The molecule has 0 spiro atoms. The fourth-order valence-corrected chi connectivity index (χ4v) is 5.35. The van der Waals surface area contributed by atoms with Gasteiger partial charge in [0, 0.05) is 27.1 Å². The van der Waals surface area contributed by atoms with Crippen LogP contribution in [0.3, 0.4) is 0 Å². The summed E-state index contributed by atoms with van der Waals surface area (Å²) in [6.45, 7) is 4.45. The number of carboxylic acids is 1. The number of rotatable bonds is 10. The molecule has 0 saturated heterocycles. The first kappa shape index (κ1) is 23.9. The van der Waals surface area contributed by atoms with Crippen LogP contribution in [0.25, 0.3) is 21.7 Å². The van der Waals surface area contributed by atoms with Crippen molar-refractivity contribution < 1.29 is 19.7 Å². The molecule has 0 radical (unpaired) electrons. The average molecular weight is 496 g/mol. The molecule has 0 atom stereocenters. The number of nitrogens with one attached hydrogen (secondary N) is 1. The van der Waals surface area contributed by atoms with Crippen LogP contribution >= 0.6 is 22.7 Å². The molecule has 3 N–H and O–H groups in total. The van der Waals surface area contributed by atoms with Crippen molar-refractivity contribution in [2.75, 3.05) is 18.5 Å². The van der Waals surface area contributed by atoms with E-state index in [2.05, 4.69) is 24.1 Å². The van der Waals surface area contributed by atoms with Crippen LogP contribution in [-0.4, -0.2) is 39.4 Å². The standard InChI is InChI=1S/C25H25N3O4S2/c1-15(2)11-21-22(16-5-3-6-18(12-16)32-9-8-29)27-25(34-21)28-23-19(24(30)31)13-17(14-26-23)20-7-4-10-33-20/h3-7,10,12-15,29H,8-9,11H2,1-2H3,(H,30,31)(H,26,27,28). The smallest absolute Gasteiger partial charge is 0.339 e. The van der Waals surface area contributed by atoms with E-state index in [1.165, 1.54) is 22.7 Å². The molecule has 0 fully saturated rings. The molecular weight excluding hydrogens is 470 g/mol. The third-order valence-electron chi connectivity index (χ3n) is 4.91. The van der Waals surface area contributed by atoms with E-state index in [-0.39, 0.29) is 24.6 Å². The van der Waals surface area contributed by atoms with Crippen LogP contribution in [0.4, 0.5) is 10.9 Å². The summed E-state index contributed by atoms with van der Waals surface area (Å²) in [6.07, 6.45) is 2.50. The lowest BCUT2D eigenvalue weighted by Gasteiger charge is -2.08. The molecule has 176 valence electrons. The van der Waals surface area contributed by atoms with E-state index in [1.54, 1.807) is 12.3 Å². The molecule has 9 heteroatoms. The second kappa shape index (κ2) is 10.8. The summed E-state index contributed by atoms with van der Waals surface area (Å²) in [7, 11) is 0. The number of carbonyl (C=O) groups is 1. The maximum absolute atomic E-state index is 12.0. The second-order valence-electron chi connectivity index (χ2n) is 8.02. The van der Waals surface area contributed by atoms with Crippen LogP contribution in [-0.2, 0) is 6.42 Å². The van der Waals surface area contributed by atoms with Crippen LogP contribution < -0.4 is 10.1 Å². The molecule has 7 nitrogen and oxygen atoms in total. The van der Waals surface area contributed by atoms with Crippen LogP contribution in [0.2, 0.25) is 0 Å². The number of pyridine rings is 1. The van der Waals surface area contributed by atoms with Crippen LogP contribution in [0, 0.1) is 5.92 Å². The molecule has 1 aromatic carbocycles. The number of hydrogen-bond donors (Lipinski definition) is 3. The first-order valence-corrected chi connectivity index (χ1v) is 12.5. The SMILES string of the molecule is CC(C)Cc1sc(Nc2ncc(-c3cccs3)cc2C(=O)O)nc1-c1cccc(OCCO)c1. The predicted octanol–water partition coefficient (Wildman–Crippen LogP) is 5.95. The second-order valence-corrected chi connectivity index (χ2v) is 10.0. The molecule has 3 heterocycles. The molecule has 0 aliphatic heterocycles. The summed E-state index contributed by atoms with van der Waals surface area (Å²) < 4.78 is 5.56. The zero-order chi connectivity index (χ0) is 24.1. The number of hydrogen-bond acceptors (Lipinski definition) is 8. The normalized spacial score (nSPS) is 11.1. The van der Waals surface area contributed by atoms with Crippen molar-refractivity contribution in [3.63, 3.8) is 0 Å². The monoisotopic (exact) mass is 495 g/mol. The van der Waals surface area contributed by atoms with Gasteiger partial charge in [-0.2, -0.15) is 0 Å². The van der Waals surface area contributed by atoms with E-state index < -0.39 is 5.97 Å². The summed E-state index contributed by atoms with van der Waals surface area (Å²) in [4.78, 5) is 23.2. The van der Waals surface area contributed by atoms with Crippen molar-refractivity contribution in [1.29, 1.82) is 0 Å².